The van der Waals surface area contributed by atoms with Crippen LogP contribution in [0.3, 0.4) is 0 Å². The molecule has 0 aliphatic carbocycles. The van der Waals surface area contributed by atoms with Crippen LogP contribution in [0, 0.1) is 5.92 Å². The lowest BCUT2D eigenvalue weighted by Gasteiger charge is -2.39. The van der Waals surface area contributed by atoms with Crippen molar-refractivity contribution in [1.29, 1.82) is 0 Å². The Morgan fingerprint density at radius 3 is 2.71 bits per heavy atom. The molecule has 2 rings (SSSR count). The van der Waals surface area contributed by atoms with Gasteiger partial charge in [-0.25, -0.2) is 0 Å². The number of rotatable bonds is 3. The third kappa shape index (κ3) is 3.09. The van der Waals surface area contributed by atoms with Crippen molar-refractivity contribution in [1.82, 2.24) is 10.2 Å². The number of nitrogens with zero attached hydrogens (tertiary/aromatic N) is 1. The minimum atomic E-state index is 0.560. The molecule has 0 radical (unpaired) electrons. The Hall–Kier alpha value is -0.380. The second-order valence-corrected chi connectivity index (χ2v) is 5.85. The van der Waals surface area contributed by atoms with Crippen LogP contribution >= 0.6 is 15.9 Å². The summed E-state index contributed by atoms with van der Waals surface area (Å²) in [7, 11) is 4.29. The Bertz CT molecular complexity index is 348. The van der Waals surface area contributed by atoms with Gasteiger partial charge in [-0.1, -0.05) is 28.1 Å². The lowest BCUT2D eigenvalue weighted by molar-refractivity contribution is 0.121. The molecule has 1 aromatic rings. The zero-order chi connectivity index (χ0) is 12.3. The average Bonchev–Trinajstić information content (AvgIpc) is 2.32. The first-order valence-corrected chi connectivity index (χ1v) is 7.12. The summed E-state index contributed by atoms with van der Waals surface area (Å²) in [6.45, 7) is 2.31. The van der Waals surface area contributed by atoms with Crippen molar-refractivity contribution in [3.63, 3.8) is 0 Å². The second kappa shape index (κ2) is 5.98. The molecule has 1 aliphatic rings. The number of nitrogens with one attached hydrogen (secondary N) is 1. The monoisotopic (exact) mass is 296 g/mol. The van der Waals surface area contributed by atoms with Crippen molar-refractivity contribution in [2.24, 2.45) is 5.92 Å². The standard InChI is InChI=1S/C14H21BrN2/c1-16-10-12-4-3-9-17(2)14(12)11-5-7-13(15)8-6-11/h5-8,12,14,16H,3-4,9-10H2,1-2H3. The van der Waals surface area contributed by atoms with Gasteiger partial charge in [-0.2, -0.15) is 0 Å². The normalized spacial score (nSPS) is 26.1. The third-order valence-corrected chi connectivity index (χ3v) is 4.21. The number of likely N-dealkylation sites (tertiary alicyclic amines) is 1. The summed E-state index contributed by atoms with van der Waals surface area (Å²) in [6.07, 6.45) is 2.64. The molecule has 3 heteroatoms. The minimum absolute atomic E-state index is 0.560. The predicted octanol–water partition coefficient (Wildman–Crippen LogP) is 3.05. The van der Waals surface area contributed by atoms with E-state index in [1.165, 1.54) is 24.9 Å². The summed E-state index contributed by atoms with van der Waals surface area (Å²) in [6, 6.07) is 9.35. The highest BCUT2D eigenvalue weighted by Gasteiger charge is 2.29. The molecule has 94 valence electrons. The fourth-order valence-corrected chi connectivity index (χ4v) is 3.19. The van der Waals surface area contributed by atoms with Crippen LogP contribution < -0.4 is 5.32 Å². The van der Waals surface area contributed by atoms with Crippen LogP contribution in [0.15, 0.2) is 28.7 Å². The lowest BCUT2D eigenvalue weighted by atomic mass is 9.85. The first-order valence-electron chi connectivity index (χ1n) is 6.32. The molecule has 1 saturated heterocycles. The van der Waals surface area contributed by atoms with E-state index in [-0.39, 0.29) is 0 Å². The number of hydrogen-bond donors (Lipinski definition) is 1. The van der Waals surface area contributed by atoms with Crippen molar-refractivity contribution in [3.05, 3.63) is 34.3 Å². The van der Waals surface area contributed by atoms with E-state index < -0.39 is 0 Å². The SMILES string of the molecule is CNCC1CCCN(C)C1c1ccc(Br)cc1. The summed E-state index contributed by atoms with van der Waals surface area (Å²) < 4.78 is 1.16. The summed E-state index contributed by atoms with van der Waals surface area (Å²) in [5.74, 6) is 0.722. The molecule has 0 spiro atoms. The molecule has 2 nitrogen and oxygen atoms in total. The largest absolute Gasteiger partial charge is 0.319 e. The molecule has 2 atom stereocenters. The predicted molar refractivity (Wildman–Crippen MR) is 76.2 cm³/mol. The van der Waals surface area contributed by atoms with Gasteiger partial charge >= 0.3 is 0 Å². The van der Waals surface area contributed by atoms with Crippen LogP contribution in [-0.2, 0) is 0 Å². The molecule has 17 heavy (non-hydrogen) atoms. The molecule has 1 heterocycles. The molecule has 0 saturated carbocycles. The van der Waals surface area contributed by atoms with Gasteiger partial charge in [-0.15, -0.1) is 0 Å². The van der Waals surface area contributed by atoms with Crippen LogP contribution in [0.2, 0.25) is 0 Å². The van der Waals surface area contributed by atoms with Gasteiger partial charge in [0.25, 0.3) is 0 Å². The highest BCUT2D eigenvalue weighted by atomic mass is 79.9. The molecule has 1 fully saturated rings. The van der Waals surface area contributed by atoms with E-state index >= 15 is 0 Å². The Morgan fingerprint density at radius 1 is 1.35 bits per heavy atom. The maximum atomic E-state index is 3.50. The number of halogens is 1. The summed E-state index contributed by atoms with van der Waals surface area (Å²) in [5, 5.41) is 3.33. The number of piperidine rings is 1. The van der Waals surface area contributed by atoms with Crippen LogP contribution in [0.1, 0.15) is 24.4 Å². The van der Waals surface area contributed by atoms with Crippen LogP contribution in [0.25, 0.3) is 0 Å². The van der Waals surface area contributed by atoms with Gasteiger partial charge in [-0.05, 0) is 63.6 Å². The van der Waals surface area contributed by atoms with E-state index in [2.05, 4.69) is 57.5 Å². The van der Waals surface area contributed by atoms with Gasteiger partial charge in [0.05, 0.1) is 0 Å². The number of hydrogen-bond acceptors (Lipinski definition) is 2. The van der Waals surface area contributed by atoms with Crippen LogP contribution in [-0.4, -0.2) is 32.1 Å². The van der Waals surface area contributed by atoms with E-state index in [0.29, 0.717) is 6.04 Å². The van der Waals surface area contributed by atoms with Gasteiger partial charge in [0.15, 0.2) is 0 Å². The highest BCUT2D eigenvalue weighted by molar-refractivity contribution is 9.10. The minimum Gasteiger partial charge on any atom is -0.319 e. The molecular weight excluding hydrogens is 276 g/mol. The fourth-order valence-electron chi connectivity index (χ4n) is 2.92. The zero-order valence-electron chi connectivity index (χ0n) is 10.6. The molecule has 0 amide bonds. The number of benzene rings is 1. The van der Waals surface area contributed by atoms with Gasteiger partial charge in [0.1, 0.15) is 0 Å². The summed E-state index contributed by atoms with van der Waals surface area (Å²) in [4.78, 5) is 2.49. The molecule has 0 aromatic heterocycles. The first-order chi connectivity index (χ1) is 8.22. The molecule has 2 unspecified atom stereocenters. The van der Waals surface area contributed by atoms with Crippen molar-refractivity contribution in [2.45, 2.75) is 18.9 Å². The Kier molecular flexibility index (Phi) is 4.60. The van der Waals surface area contributed by atoms with E-state index in [4.69, 9.17) is 0 Å². The maximum absolute atomic E-state index is 3.50. The van der Waals surface area contributed by atoms with Crippen molar-refractivity contribution in [3.8, 4) is 0 Å². The van der Waals surface area contributed by atoms with Gasteiger partial charge in [-0.3, -0.25) is 4.90 Å². The maximum Gasteiger partial charge on any atom is 0.0385 e. The lowest BCUT2D eigenvalue weighted by Crippen LogP contribution is -2.39. The van der Waals surface area contributed by atoms with Gasteiger partial charge < -0.3 is 5.32 Å². The molecule has 0 bridgehead atoms. The Balaban J connectivity index is 2.21. The second-order valence-electron chi connectivity index (χ2n) is 4.94. The Labute approximate surface area is 113 Å². The Morgan fingerprint density at radius 2 is 2.06 bits per heavy atom. The quantitative estimate of drug-likeness (QED) is 0.922. The van der Waals surface area contributed by atoms with Crippen molar-refractivity contribution in [2.75, 3.05) is 27.2 Å². The van der Waals surface area contributed by atoms with Crippen molar-refractivity contribution >= 4 is 15.9 Å². The molecule has 1 aromatic carbocycles. The van der Waals surface area contributed by atoms with E-state index in [0.717, 1.165) is 16.9 Å². The smallest absolute Gasteiger partial charge is 0.0385 e. The highest BCUT2D eigenvalue weighted by Crippen LogP contribution is 2.34. The molecular formula is C14H21BrN2. The summed E-state index contributed by atoms with van der Waals surface area (Å²) >= 11 is 3.50. The fraction of sp³-hybridized carbons (Fsp3) is 0.571. The average molecular weight is 297 g/mol. The first kappa shape index (κ1) is 13.1. The van der Waals surface area contributed by atoms with Crippen LogP contribution in [0.4, 0.5) is 0 Å². The van der Waals surface area contributed by atoms with E-state index in [9.17, 15) is 0 Å². The molecule has 1 N–H and O–H groups in total. The van der Waals surface area contributed by atoms with E-state index in [1.807, 2.05) is 7.05 Å². The van der Waals surface area contributed by atoms with E-state index in [1.54, 1.807) is 0 Å². The topological polar surface area (TPSA) is 15.3 Å². The van der Waals surface area contributed by atoms with Crippen molar-refractivity contribution < 1.29 is 0 Å². The zero-order valence-corrected chi connectivity index (χ0v) is 12.2. The third-order valence-electron chi connectivity index (χ3n) is 3.68. The molecule has 1 aliphatic heterocycles. The van der Waals surface area contributed by atoms with Gasteiger partial charge in [0.2, 0.25) is 0 Å². The van der Waals surface area contributed by atoms with Crippen LogP contribution in [0.5, 0.6) is 0 Å². The van der Waals surface area contributed by atoms with Gasteiger partial charge in [0, 0.05) is 10.5 Å². The summed E-state index contributed by atoms with van der Waals surface area (Å²) in [5.41, 5.74) is 1.44.